The zero-order chi connectivity index (χ0) is 14.8. The van der Waals surface area contributed by atoms with Crippen molar-refractivity contribution in [3.8, 4) is 0 Å². The average molecular weight is 287 g/mol. The molecule has 7 heteroatoms. The van der Waals surface area contributed by atoms with Crippen molar-refractivity contribution in [1.82, 2.24) is 9.88 Å². The van der Waals surface area contributed by atoms with Crippen LogP contribution in [0.1, 0.15) is 23.3 Å². The third-order valence-corrected chi connectivity index (χ3v) is 3.51. The molecule has 1 aliphatic heterocycles. The van der Waals surface area contributed by atoms with Crippen molar-refractivity contribution >= 4 is 11.6 Å². The summed E-state index contributed by atoms with van der Waals surface area (Å²) in [5.41, 5.74) is 0.996. The molecule has 0 bridgehead atoms. The molecular weight excluding hydrogens is 271 g/mol. The molecule has 2 heterocycles. The molecule has 1 aromatic rings. The standard InChI is InChI=1S/C13H16F3N3O/c1-17-10-2-5-18-11(8-10)12(20)19-6-3-9(4-7-19)13(14,15)16/h2,5,8-9H,3-4,6-7H2,1H3,(H,17,18). The molecule has 0 radical (unpaired) electrons. The van der Waals surface area contributed by atoms with Gasteiger partial charge in [-0.05, 0) is 25.0 Å². The molecule has 0 atom stereocenters. The maximum Gasteiger partial charge on any atom is 0.391 e. The van der Waals surface area contributed by atoms with Crippen LogP contribution in [0.2, 0.25) is 0 Å². The van der Waals surface area contributed by atoms with Crippen molar-refractivity contribution in [2.75, 3.05) is 25.5 Å². The Bertz CT molecular complexity index is 482. The molecule has 0 unspecified atom stereocenters. The molecular formula is C13H16F3N3O. The Balaban J connectivity index is 2.01. The molecule has 1 N–H and O–H groups in total. The van der Waals surface area contributed by atoms with Gasteiger partial charge in [-0.2, -0.15) is 13.2 Å². The summed E-state index contributed by atoms with van der Waals surface area (Å²) in [5.74, 6) is -1.62. The number of alkyl halides is 3. The van der Waals surface area contributed by atoms with Crippen LogP contribution in [0.15, 0.2) is 18.3 Å². The zero-order valence-corrected chi connectivity index (χ0v) is 11.1. The lowest BCUT2D eigenvalue weighted by molar-refractivity contribution is -0.183. The Labute approximate surface area is 115 Å². The fourth-order valence-electron chi connectivity index (χ4n) is 2.27. The average Bonchev–Trinajstić information content (AvgIpc) is 2.46. The Morgan fingerprint density at radius 1 is 1.40 bits per heavy atom. The summed E-state index contributed by atoms with van der Waals surface area (Å²) in [7, 11) is 1.72. The number of piperidine rings is 1. The monoisotopic (exact) mass is 287 g/mol. The second kappa shape index (κ2) is 5.68. The van der Waals surface area contributed by atoms with E-state index in [1.807, 2.05) is 0 Å². The Morgan fingerprint density at radius 3 is 2.60 bits per heavy atom. The number of likely N-dealkylation sites (tertiary alicyclic amines) is 1. The number of anilines is 1. The molecule has 20 heavy (non-hydrogen) atoms. The first kappa shape index (κ1) is 14.6. The van der Waals surface area contributed by atoms with E-state index in [-0.39, 0.29) is 37.5 Å². The van der Waals surface area contributed by atoms with E-state index >= 15 is 0 Å². The van der Waals surface area contributed by atoms with E-state index in [9.17, 15) is 18.0 Å². The van der Waals surface area contributed by atoms with Gasteiger partial charge in [0.2, 0.25) is 0 Å². The van der Waals surface area contributed by atoms with Gasteiger partial charge < -0.3 is 10.2 Å². The maximum absolute atomic E-state index is 12.6. The molecule has 1 aliphatic rings. The van der Waals surface area contributed by atoms with Gasteiger partial charge in [0, 0.05) is 32.0 Å². The van der Waals surface area contributed by atoms with Crippen LogP contribution in [-0.4, -0.2) is 42.1 Å². The van der Waals surface area contributed by atoms with Gasteiger partial charge in [-0.15, -0.1) is 0 Å². The highest BCUT2D eigenvalue weighted by Gasteiger charge is 2.41. The largest absolute Gasteiger partial charge is 0.391 e. The van der Waals surface area contributed by atoms with E-state index in [0.29, 0.717) is 0 Å². The highest BCUT2D eigenvalue weighted by molar-refractivity contribution is 5.93. The first-order valence-corrected chi connectivity index (χ1v) is 6.41. The molecule has 0 saturated carbocycles. The predicted molar refractivity (Wildman–Crippen MR) is 68.5 cm³/mol. The highest BCUT2D eigenvalue weighted by atomic mass is 19.4. The molecule has 1 fully saturated rings. The Morgan fingerprint density at radius 2 is 2.05 bits per heavy atom. The van der Waals surface area contributed by atoms with Crippen molar-refractivity contribution in [2.24, 2.45) is 5.92 Å². The first-order valence-electron chi connectivity index (χ1n) is 6.41. The van der Waals surface area contributed by atoms with Crippen molar-refractivity contribution < 1.29 is 18.0 Å². The summed E-state index contributed by atoms with van der Waals surface area (Å²) in [6, 6.07) is 3.31. The van der Waals surface area contributed by atoms with Gasteiger partial charge in [0.1, 0.15) is 5.69 Å². The number of pyridine rings is 1. The van der Waals surface area contributed by atoms with Gasteiger partial charge in [-0.1, -0.05) is 0 Å². The number of carbonyl (C=O) groups is 1. The van der Waals surface area contributed by atoms with E-state index in [0.717, 1.165) is 5.69 Å². The van der Waals surface area contributed by atoms with Crippen LogP contribution in [0.25, 0.3) is 0 Å². The van der Waals surface area contributed by atoms with Crippen molar-refractivity contribution in [3.63, 3.8) is 0 Å². The molecule has 0 aromatic carbocycles. The first-order chi connectivity index (χ1) is 9.41. The molecule has 1 amide bonds. The van der Waals surface area contributed by atoms with E-state index in [4.69, 9.17) is 0 Å². The minimum Gasteiger partial charge on any atom is -0.388 e. The van der Waals surface area contributed by atoms with Gasteiger partial charge in [0.25, 0.3) is 5.91 Å². The second-order valence-corrected chi connectivity index (χ2v) is 4.79. The lowest BCUT2D eigenvalue weighted by atomic mass is 9.96. The van der Waals surface area contributed by atoms with Gasteiger partial charge in [-0.25, -0.2) is 0 Å². The molecule has 110 valence electrons. The van der Waals surface area contributed by atoms with Crippen LogP contribution in [-0.2, 0) is 0 Å². The summed E-state index contributed by atoms with van der Waals surface area (Å²) in [6.45, 7) is 0.239. The smallest absolute Gasteiger partial charge is 0.388 e. The van der Waals surface area contributed by atoms with Crippen molar-refractivity contribution in [1.29, 1.82) is 0 Å². The molecule has 1 saturated heterocycles. The minimum absolute atomic E-state index is 0.0407. The third kappa shape index (κ3) is 3.20. The Hall–Kier alpha value is -1.79. The van der Waals surface area contributed by atoms with Crippen LogP contribution in [0.4, 0.5) is 18.9 Å². The van der Waals surface area contributed by atoms with Crippen LogP contribution in [0, 0.1) is 5.92 Å². The molecule has 4 nitrogen and oxygen atoms in total. The number of hydrogen-bond acceptors (Lipinski definition) is 3. The summed E-state index contributed by atoms with van der Waals surface area (Å²) >= 11 is 0. The number of aromatic nitrogens is 1. The topological polar surface area (TPSA) is 45.2 Å². The van der Waals surface area contributed by atoms with Gasteiger partial charge in [0.15, 0.2) is 0 Å². The highest BCUT2D eigenvalue weighted by Crippen LogP contribution is 2.34. The number of hydrogen-bond donors (Lipinski definition) is 1. The fourth-order valence-corrected chi connectivity index (χ4v) is 2.27. The van der Waals surface area contributed by atoms with E-state index in [2.05, 4.69) is 10.3 Å². The quantitative estimate of drug-likeness (QED) is 0.909. The lowest BCUT2D eigenvalue weighted by Gasteiger charge is -2.32. The second-order valence-electron chi connectivity index (χ2n) is 4.79. The number of rotatable bonds is 2. The van der Waals surface area contributed by atoms with E-state index in [1.54, 1.807) is 19.2 Å². The maximum atomic E-state index is 12.6. The third-order valence-electron chi connectivity index (χ3n) is 3.51. The number of nitrogens with zero attached hydrogens (tertiary/aromatic N) is 2. The van der Waals surface area contributed by atoms with Crippen molar-refractivity contribution in [2.45, 2.75) is 19.0 Å². The Kier molecular flexibility index (Phi) is 4.15. The molecule has 1 aromatic heterocycles. The molecule has 0 aliphatic carbocycles. The number of nitrogens with one attached hydrogen (secondary N) is 1. The van der Waals surface area contributed by atoms with E-state index < -0.39 is 12.1 Å². The minimum atomic E-state index is -4.17. The predicted octanol–water partition coefficient (Wildman–Crippen LogP) is 2.54. The SMILES string of the molecule is CNc1ccnc(C(=O)N2CCC(C(F)(F)F)CC2)c1. The summed E-state index contributed by atoms with van der Waals surface area (Å²) < 4.78 is 37.7. The van der Waals surface area contributed by atoms with Crippen LogP contribution in [0.3, 0.4) is 0 Å². The number of amides is 1. The molecule has 0 spiro atoms. The van der Waals surface area contributed by atoms with Crippen LogP contribution < -0.4 is 5.32 Å². The van der Waals surface area contributed by atoms with Crippen LogP contribution in [0.5, 0.6) is 0 Å². The summed E-state index contributed by atoms with van der Waals surface area (Å²) in [5, 5.41) is 2.89. The fraction of sp³-hybridized carbons (Fsp3) is 0.538. The number of carbonyl (C=O) groups excluding carboxylic acids is 1. The summed E-state index contributed by atoms with van der Waals surface area (Å²) in [6.07, 6.45) is -2.75. The van der Waals surface area contributed by atoms with Crippen molar-refractivity contribution in [3.05, 3.63) is 24.0 Å². The van der Waals surface area contributed by atoms with Gasteiger partial charge >= 0.3 is 6.18 Å². The van der Waals surface area contributed by atoms with Gasteiger partial charge in [0.05, 0.1) is 5.92 Å². The van der Waals surface area contributed by atoms with Crippen LogP contribution >= 0.6 is 0 Å². The molecule has 2 rings (SSSR count). The normalized spacial score (nSPS) is 17.1. The number of halogens is 3. The van der Waals surface area contributed by atoms with E-state index in [1.165, 1.54) is 11.1 Å². The summed E-state index contributed by atoms with van der Waals surface area (Å²) in [4.78, 5) is 17.6. The van der Waals surface area contributed by atoms with Gasteiger partial charge in [-0.3, -0.25) is 9.78 Å². The lowest BCUT2D eigenvalue weighted by Crippen LogP contribution is -2.42. The zero-order valence-electron chi connectivity index (χ0n) is 11.1.